The zero-order valence-corrected chi connectivity index (χ0v) is 14.8. The third-order valence-corrected chi connectivity index (χ3v) is 5.31. The number of thiophene rings is 1. The van der Waals surface area contributed by atoms with E-state index in [1.54, 1.807) is 11.3 Å². The van der Waals surface area contributed by atoms with Crippen molar-refractivity contribution in [1.82, 2.24) is 15.1 Å². The van der Waals surface area contributed by atoms with E-state index in [0.717, 1.165) is 31.9 Å². The molecule has 3 rings (SSSR count). The first-order valence-corrected chi connectivity index (χ1v) is 9.16. The van der Waals surface area contributed by atoms with Crippen molar-refractivity contribution in [2.75, 3.05) is 45.1 Å². The van der Waals surface area contributed by atoms with Crippen molar-refractivity contribution < 1.29 is 4.79 Å². The molecular weight excluding hydrogens is 320 g/mol. The predicted octanol–water partition coefficient (Wildman–Crippen LogP) is 2.86. The second-order valence-electron chi connectivity index (χ2n) is 6.07. The predicted molar refractivity (Wildman–Crippen MR) is 99.6 cm³/mol. The molecule has 6 heteroatoms. The van der Waals surface area contributed by atoms with Crippen LogP contribution in [0.15, 0.2) is 47.8 Å². The van der Waals surface area contributed by atoms with E-state index in [1.165, 1.54) is 4.88 Å². The molecule has 0 bridgehead atoms. The first-order valence-electron chi connectivity index (χ1n) is 8.28. The van der Waals surface area contributed by atoms with Gasteiger partial charge >= 0.3 is 6.03 Å². The molecule has 2 amide bonds. The van der Waals surface area contributed by atoms with Crippen molar-refractivity contribution in [3.63, 3.8) is 0 Å². The fraction of sp³-hybridized carbons (Fsp3) is 0.389. The van der Waals surface area contributed by atoms with Gasteiger partial charge in [-0.3, -0.25) is 4.90 Å². The van der Waals surface area contributed by atoms with Gasteiger partial charge in [0.05, 0.1) is 6.04 Å². The molecule has 2 heterocycles. The standard InChI is InChI=1S/C18H24N4OS/c1-21-9-11-22(12-10-21)16(17-8-5-13-24-17)14-19-18(23)20-15-6-3-2-4-7-15/h2-8,13,16H,9-12,14H2,1H3,(H2,19,20,23). The van der Waals surface area contributed by atoms with Gasteiger partial charge in [-0.05, 0) is 30.6 Å². The summed E-state index contributed by atoms with van der Waals surface area (Å²) in [6.45, 7) is 4.81. The quantitative estimate of drug-likeness (QED) is 0.877. The molecule has 24 heavy (non-hydrogen) atoms. The molecule has 0 aliphatic carbocycles. The van der Waals surface area contributed by atoms with Crippen molar-refractivity contribution in [2.45, 2.75) is 6.04 Å². The van der Waals surface area contributed by atoms with Crippen molar-refractivity contribution >= 4 is 23.1 Å². The summed E-state index contributed by atoms with van der Waals surface area (Å²) in [6, 6.07) is 13.8. The first-order chi connectivity index (χ1) is 11.7. The molecule has 1 saturated heterocycles. The summed E-state index contributed by atoms with van der Waals surface area (Å²) in [5.41, 5.74) is 0.808. The Balaban J connectivity index is 1.59. The fourth-order valence-corrected chi connectivity index (χ4v) is 3.77. The third-order valence-electron chi connectivity index (χ3n) is 4.34. The number of para-hydroxylation sites is 1. The zero-order chi connectivity index (χ0) is 16.8. The number of carbonyl (C=O) groups is 1. The van der Waals surface area contributed by atoms with Crippen molar-refractivity contribution in [2.24, 2.45) is 0 Å². The smallest absolute Gasteiger partial charge is 0.319 e. The van der Waals surface area contributed by atoms with Gasteiger partial charge in [-0.15, -0.1) is 11.3 Å². The Morgan fingerprint density at radius 2 is 1.88 bits per heavy atom. The number of hydrogen-bond acceptors (Lipinski definition) is 4. The SMILES string of the molecule is CN1CCN(C(CNC(=O)Nc2ccccc2)c2cccs2)CC1. The maximum absolute atomic E-state index is 12.2. The molecule has 1 atom stereocenters. The largest absolute Gasteiger partial charge is 0.336 e. The molecule has 1 unspecified atom stereocenters. The lowest BCUT2D eigenvalue weighted by Gasteiger charge is -2.37. The molecule has 1 aromatic carbocycles. The Bertz CT molecular complexity index is 624. The lowest BCUT2D eigenvalue weighted by atomic mass is 10.1. The van der Waals surface area contributed by atoms with Crippen LogP contribution in [0.25, 0.3) is 0 Å². The van der Waals surface area contributed by atoms with Gasteiger partial charge in [0.2, 0.25) is 0 Å². The van der Waals surface area contributed by atoms with E-state index in [4.69, 9.17) is 0 Å². The average Bonchev–Trinajstić information content (AvgIpc) is 3.12. The van der Waals surface area contributed by atoms with E-state index in [2.05, 4.69) is 45.0 Å². The maximum atomic E-state index is 12.2. The van der Waals surface area contributed by atoms with E-state index >= 15 is 0 Å². The Kier molecular flexibility index (Phi) is 5.85. The molecule has 1 aliphatic heterocycles. The van der Waals surface area contributed by atoms with Crippen molar-refractivity contribution in [1.29, 1.82) is 0 Å². The van der Waals surface area contributed by atoms with Crippen LogP contribution in [0.3, 0.4) is 0 Å². The number of nitrogens with one attached hydrogen (secondary N) is 2. The normalized spacial score (nSPS) is 17.4. The number of hydrogen-bond donors (Lipinski definition) is 2. The monoisotopic (exact) mass is 344 g/mol. The van der Waals surface area contributed by atoms with Crippen LogP contribution in [0.4, 0.5) is 10.5 Å². The van der Waals surface area contributed by atoms with Crippen LogP contribution in [0.1, 0.15) is 10.9 Å². The summed E-state index contributed by atoms with van der Waals surface area (Å²) in [7, 11) is 2.16. The molecule has 0 radical (unpaired) electrons. The first kappa shape index (κ1) is 17.0. The van der Waals surface area contributed by atoms with Gasteiger partial charge in [0, 0.05) is 43.3 Å². The summed E-state index contributed by atoms with van der Waals surface area (Å²) >= 11 is 1.75. The van der Waals surface area contributed by atoms with E-state index < -0.39 is 0 Å². The molecule has 2 aromatic rings. The van der Waals surface area contributed by atoms with Crippen LogP contribution in [-0.4, -0.2) is 55.6 Å². The van der Waals surface area contributed by atoms with Gasteiger partial charge in [-0.2, -0.15) is 0 Å². The summed E-state index contributed by atoms with van der Waals surface area (Å²) in [5, 5.41) is 8.01. The van der Waals surface area contributed by atoms with Crippen LogP contribution in [0, 0.1) is 0 Å². The Labute approximate surface area is 147 Å². The molecule has 0 spiro atoms. The second kappa shape index (κ2) is 8.28. The highest BCUT2D eigenvalue weighted by Crippen LogP contribution is 2.25. The summed E-state index contributed by atoms with van der Waals surface area (Å²) in [4.78, 5) is 18.3. The highest BCUT2D eigenvalue weighted by Gasteiger charge is 2.25. The lowest BCUT2D eigenvalue weighted by molar-refractivity contribution is 0.113. The van der Waals surface area contributed by atoms with Gasteiger partial charge in [0.15, 0.2) is 0 Å². The van der Waals surface area contributed by atoms with Crippen LogP contribution >= 0.6 is 11.3 Å². The maximum Gasteiger partial charge on any atom is 0.319 e. The third kappa shape index (κ3) is 4.56. The molecule has 1 aliphatic rings. The second-order valence-corrected chi connectivity index (χ2v) is 7.05. The van der Waals surface area contributed by atoms with Crippen molar-refractivity contribution in [3.8, 4) is 0 Å². The summed E-state index contributed by atoms with van der Waals surface area (Å²) in [6.07, 6.45) is 0. The zero-order valence-electron chi connectivity index (χ0n) is 13.9. The number of urea groups is 1. The van der Waals surface area contributed by atoms with E-state index in [-0.39, 0.29) is 12.1 Å². The van der Waals surface area contributed by atoms with E-state index in [0.29, 0.717) is 6.54 Å². The van der Waals surface area contributed by atoms with Gasteiger partial charge in [0.1, 0.15) is 0 Å². The van der Waals surface area contributed by atoms with Gasteiger partial charge in [-0.1, -0.05) is 24.3 Å². The fourth-order valence-electron chi connectivity index (χ4n) is 2.91. The molecule has 1 aromatic heterocycles. The topological polar surface area (TPSA) is 47.6 Å². The van der Waals surface area contributed by atoms with Crippen LogP contribution in [0.5, 0.6) is 0 Å². The Hall–Kier alpha value is -1.89. The Morgan fingerprint density at radius 1 is 1.12 bits per heavy atom. The van der Waals surface area contributed by atoms with Crippen LogP contribution in [0.2, 0.25) is 0 Å². The highest BCUT2D eigenvalue weighted by atomic mass is 32.1. The highest BCUT2D eigenvalue weighted by molar-refractivity contribution is 7.10. The number of rotatable bonds is 5. The van der Waals surface area contributed by atoms with Gasteiger partial charge in [0.25, 0.3) is 0 Å². The van der Waals surface area contributed by atoms with Gasteiger partial charge in [-0.25, -0.2) is 4.79 Å². The number of piperazine rings is 1. The molecule has 128 valence electrons. The number of carbonyl (C=O) groups excluding carboxylic acids is 1. The lowest BCUT2D eigenvalue weighted by Crippen LogP contribution is -2.48. The minimum Gasteiger partial charge on any atom is -0.336 e. The van der Waals surface area contributed by atoms with Gasteiger partial charge < -0.3 is 15.5 Å². The van der Waals surface area contributed by atoms with E-state index in [1.807, 2.05) is 30.3 Å². The number of anilines is 1. The van der Waals surface area contributed by atoms with E-state index in [9.17, 15) is 4.79 Å². The molecule has 1 fully saturated rings. The number of amides is 2. The average molecular weight is 344 g/mol. The number of benzene rings is 1. The minimum absolute atomic E-state index is 0.156. The number of likely N-dealkylation sites (N-methyl/N-ethyl adjacent to an activating group) is 1. The van der Waals surface area contributed by atoms with Crippen molar-refractivity contribution in [3.05, 3.63) is 52.7 Å². The van der Waals surface area contributed by atoms with Crippen LogP contribution in [-0.2, 0) is 0 Å². The molecule has 0 saturated carbocycles. The molecular formula is C18H24N4OS. The Morgan fingerprint density at radius 3 is 2.54 bits per heavy atom. The minimum atomic E-state index is -0.156. The van der Waals surface area contributed by atoms with Crippen LogP contribution < -0.4 is 10.6 Å². The summed E-state index contributed by atoms with van der Waals surface area (Å²) < 4.78 is 0. The molecule has 2 N–H and O–H groups in total. The summed E-state index contributed by atoms with van der Waals surface area (Å²) in [5.74, 6) is 0. The molecule has 5 nitrogen and oxygen atoms in total. The number of nitrogens with zero attached hydrogens (tertiary/aromatic N) is 2.